The van der Waals surface area contributed by atoms with Crippen molar-refractivity contribution in [3.63, 3.8) is 0 Å². The Hall–Kier alpha value is -3.39. The first kappa shape index (κ1) is 20.3. The van der Waals surface area contributed by atoms with Gasteiger partial charge in [-0.3, -0.25) is 24.5 Å². The molecule has 2 aromatic rings. The molecule has 1 unspecified atom stereocenters. The predicted octanol–water partition coefficient (Wildman–Crippen LogP) is 0.295. The van der Waals surface area contributed by atoms with Crippen molar-refractivity contribution >= 4 is 5.69 Å². The van der Waals surface area contributed by atoms with Crippen LogP contribution in [0.1, 0.15) is 12.6 Å². The summed E-state index contributed by atoms with van der Waals surface area (Å²) in [6, 6.07) is 1.04. The lowest BCUT2D eigenvalue weighted by molar-refractivity contribution is -0.389. The summed E-state index contributed by atoms with van der Waals surface area (Å²) in [6.07, 6.45) is -2.59. The maximum absolute atomic E-state index is 14.0. The zero-order valence-corrected chi connectivity index (χ0v) is 14.2. The molecule has 0 amide bonds. The van der Waals surface area contributed by atoms with Gasteiger partial charge in [0.1, 0.15) is 18.9 Å². The number of aliphatic hydroxyl groups excluding tert-OH is 1. The summed E-state index contributed by atoms with van der Waals surface area (Å²) in [6.45, 7) is -0.750. The van der Waals surface area contributed by atoms with E-state index in [1.54, 1.807) is 0 Å². The summed E-state index contributed by atoms with van der Waals surface area (Å²) in [5, 5.41) is 30.0. The number of H-pyrrole nitrogens is 1. The normalized spacial score (nSPS) is 21.3. The Balaban J connectivity index is 1.79. The zero-order chi connectivity index (χ0) is 21.5. The van der Waals surface area contributed by atoms with E-state index >= 15 is 0 Å². The number of aromatic amines is 1. The first-order valence-electron chi connectivity index (χ1n) is 7.93. The van der Waals surface area contributed by atoms with Crippen molar-refractivity contribution in [1.29, 1.82) is 0 Å². The number of nitrogens with zero attached hydrogens (tertiary/aromatic N) is 2. The molecule has 2 heterocycles. The predicted molar refractivity (Wildman–Crippen MR) is 86.0 cm³/mol. The third kappa shape index (κ3) is 3.66. The van der Waals surface area contributed by atoms with Crippen molar-refractivity contribution in [2.75, 3.05) is 6.61 Å². The molecule has 0 spiro atoms. The van der Waals surface area contributed by atoms with Crippen LogP contribution in [0.3, 0.4) is 0 Å². The molecular formula is C15H12F3N3O8. The van der Waals surface area contributed by atoms with Crippen molar-refractivity contribution in [3.8, 4) is 11.5 Å². The fourth-order valence-electron chi connectivity index (χ4n) is 2.76. The van der Waals surface area contributed by atoms with E-state index in [4.69, 9.17) is 9.47 Å². The quantitative estimate of drug-likeness (QED) is 0.355. The fraction of sp³-hybridized carbons (Fsp3) is 0.333. The van der Waals surface area contributed by atoms with Crippen LogP contribution in [-0.4, -0.2) is 43.5 Å². The first-order chi connectivity index (χ1) is 13.6. The van der Waals surface area contributed by atoms with Gasteiger partial charge in [-0.1, -0.05) is 0 Å². The highest BCUT2D eigenvalue weighted by Crippen LogP contribution is 2.40. The number of aromatic nitrogens is 2. The molecule has 1 aliphatic heterocycles. The van der Waals surface area contributed by atoms with Crippen molar-refractivity contribution in [2.24, 2.45) is 0 Å². The molecule has 0 bridgehead atoms. The van der Waals surface area contributed by atoms with Gasteiger partial charge >= 0.3 is 11.4 Å². The van der Waals surface area contributed by atoms with Crippen LogP contribution >= 0.6 is 0 Å². The van der Waals surface area contributed by atoms with Crippen LogP contribution in [0.25, 0.3) is 0 Å². The van der Waals surface area contributed by atoms with Gasteiger partial charge < -0.3 is 19.7 Å². The van der Waals surface area contributed by atoms with E-state index < -0.39 is 75.9 Å². The third-order valence-electron chi connectivity index (χ3n) is 4.17. The van der Waals surface area contributed by atoms with Crippen LogP contribution < -0.4 is 16.0 Å². The molecule has 1 aromatic heterocycles. The highest BCUT2D eigenvalue weighted by Gasteiger charge is 2.38. The molecule has 1 saturated heterocycles. The Morgan fingerprint density at radius 2 is 2.00 bits per heavy atom. The van der Waals surface area contributed by atoms with Gasteiger partial charge in [0.15, 0.2) is 5.75 Å². The molecule has 1 fully saturated rings. The first-order valence-corrected chi connectivity index (χ1v) is 7.93. The number of aromatic hydroxyl groups is 1. The lowest BCUT2D eigenvalue weighted by Gasteiger charge is -2.17. The second-order valence-corrected chi connectivity index (χ2v) is 5.99. The monoisotopic (exact) mass is 419 g/mol. The average molecular weight is 419 g/mol. The summed E-state index contributed by atoms with van der Waals surface area (Å²) < 4.78 is 52.7. The zero-order valence-electron chi connectivity index (χ0n) is 14.2. The maximum atomic E-state index is 14.0. The van der Waals surface area contributed by atoms with Crippen LogP contribution in [-0.2, 0) is 4.74 Å². The Kier molecular flexibility index (Phi) is 5.30. The minimum atomic E-state index is -2.13. The average Bonchev–Trinajstić information content (AvgIpc) is 3.00. The minimum Gasteiger partial charge on any atom is -0.500 e. The van der Waals surface area contributed by atoms with Crippen LogP contribution in [0.15, 0.2) is 21.9 Å². The van der Waals surface area contributed by atoms with Crippen molar-refractivity contribution in [2.45, 2.75) is 24.9 Å². The fourth-order valence-corrected chi connectivity index (χ4v) is 2.76. The van der Waals surface area contributed by atoms with E-state index in [2.05, 4.69) is 0 Å². The Bertz CT molecular complexity index is 1060. The Morgan fingerprint density at radius 1 is 1.31 bits per heavy atom. The Morgan fingerprint density at radius 3 is 2.62 bits per heavy atom. The summed E-state index contributed by atoms with van der Waals surface area (Å²) in [4.78, 5) is 33.9. The maximum Gasteiger partial charge on any atom is 0.352 e. The number of ether oxygens (including phenoxy) is 2. The lowest BCUT2D eigenvalue weighted by Crippen LogP contribution is -2.32. The molecule has 29 heavy (non-hydrogen) atoms. The molecule has 1 aromatic carbocycles. The van der Waals surface area contributed by atoms with Gasteiger partial charge in [0.25, 0.3) is 5.56 Å². The second kappa shape index (κ2) is 7.56. The van der Waals surface area contributed by atoms with E-state index in [1.807, 2.05) is 4.98 Å². The number of hydrogen-bond donors (Lipinski definition) is 3. The van der Waals surface area contributed by atoms with Crippen LogP contribution in [0.2, 0.25) is 0 Å². The Labute approximate surface area is 157 Å². The van der Waals surface area contributed by atoms with E-state index in [1.165, 1.54) is 0 Å². The number of phenolic OH excluding ortho intramolecular Hbond substituents is 1. The van der Waals surface area contributed by atoms with Crippen molar-refractivity contribution in [1.82, 2.24) is 9.55 Å². The number of benzene rings is 1. The molecule has 3 N–H and O–H groups in total. The molecule has 0 radical (unpaired) electrons. The summed E-state index contributed by atoms with van der Waals surface area (Å²) >= 11 is 0. The van der Waals surface area contributed by atoms with Gasteiger partial charge in [-0.25, -0.2) is 4.79 Å². The highest BCUT2D eigenvalue weighted by atomic mass is 19.2. The smallest absolute Gasteiger partial charge is 0.352 e. The SMILES string of the molecule is O=c1ccn([C@H]2CC(O)[C@@H](COc3c(F)c(O)c([N+](=O)[O-])c(F)c3F)O2)c(=O)[nH]1. The van der Waals surface area contributed by atoms with Gasteiger partial charge in [0, 0.05) is 18.7 Å². The molecule has 156 valence electrons. The largest absolute Gasteiger partial charge is 0.500 e. The van der Waals surface area contributed by atoms with Crippen LogP contribution in [0.4, 0.5) is 18.9 Å². The summed E-state index contributed by atoms with van der Waals surface area (Å²) in [5.74, 6) is -9.28. The van der Waals surface area contributed by atoms with Gasteiger partial charge in [-0.2, -0.15) is 13.2 Å². The minimum absolute atomic E-state index is 0.148. The number of nitro groups is 1. The van der Waals surface area contributed by atoms with Crippen LogP contribution in [0.5, 0.6) is 11.5 Å². The molecule has 3 atom stereocenters. The number of aliphatic hydroxyl groups is 1. The number of rotatable bonds is 5. The van der Waals surface area contributed by atoms with Crippen molar-refractivity contribution < 1.29 is 37.8 Å². The molecule has 14 heteroatoms. The topological polar surface area (TPSA) is 157 Å². The standard InChI is InChI=1S/C15H12F3N3O8/c16-9-10(17)14(11(18)13(24)12(9)21(26)27)28-4-6-5(22)3-8(29-6)20-2-1-7(23)19-15(20)25/h1-2,5-6,8,22,24H,3-4H2,(H,19,23,25)/t5?,6-,8-/m1/s1. The molecule has 0 saturated carbocycles. The summed E-state index contributed by atoms with van der Waals surface area (Å²) in [5.41, 5.74) is -3.27. The van der Waals surface area contributed by atoms with Gasteiger partial charge in [0.05, 0.1) is 11.0 Å². The number of nitrogens with one attached hydrogen (secondary N) is 1. The molecule has 3 rings (SSSR count). The van der Waals surface area contributed by atoms with E-state index in [0.29, 0.717) is 0 Å². The van der Waals surface area contributed by atoms with Crippen molar-refractivity contribution in [3.05, 3.63) is 60.7 Å². The molecular weight excluding hydrogens is 407 g/mol. The van der Waals surface area contributed by atoms with E-state index in [9.17, 15) is 43.1 Å². The summed E-state index contributed by atoms with van der Waals surface area (Å²) in [7, 11) is 0. The van der Waals surface area contributed by atoms with Crippen LogP contribution in [0, 0.1) is 27.6 Å². The number of halogens is 3. The molecule has 0 aliphatic carbocycles. The number of phenols is 1. The van der Waals surface area contributed by atoms with E-state index in [0.717, 1.165) is 16.8 Å². The number of hydrogen-bond acceptors (Lipinski definition) is 8. The number of nitro benzene ring substituents is 1. The second-order valence-electron chi connectivity index (χ2n) is 5.99. The van der Waals surface area contributed by atoms with Gasteiger partial charge in [0.2, 0.25) is 23.2 Å². The van der Waals surface area contributed by atoms with E-state index in [-0.39, 0.29) is 6.42 Å². The highest BCUT2D eigenvalue weighted by molar-refractivity contribution is 5.53. The third-order valence-corrected chi connectivity index (χ3v) is 4.17. The van der Waals surface area contributed by atoms with Gasteiger partial charge in [-0.05, 0) is 0 Å². The molecule has 1 aliphatic rings. The lowest BCUT2D eigenvalue weighted by atomic mass is 10.2. The van der Waals surface area contributed by atoms with Gasteiger partial charge in [-0.15, -0.1) is 0 Å². The molecule has 11 nitrogen and oxygen atoms in total.